The second kappa shape index (κ2) is 4.66. The molecule has 1 N–H and O–H groups in total. The average molecular weight is 225 g/mol. The molecule has 0 bridgehead atoms. The van der Waals surface area contributed by atoms with Crippen LogP contribution >= 0.6 is 0 Å². The van der Waals surface area contributed by atoms with Crippen LogP contribution in [0.5, 0.6) is 0 Å². The number of likely N-dealkylation sites (tertiary alicyclic amines) is 1. The first-order valence-corrected chi connectivity index (χ1v) is 7.06. The second-order valence-electron chi connectivity index (χ2n) is 6.01. The van der Waals surface area contributed by atoms with Gasteiger partial charge in [-0.2, -0.15) is 0 Å². The topological polar surface area (TPSA) is 23.5 Å². The molecule has 1 saturated heterocycles. The van der Waals surface area contributed by atoms with Crippen molar-refractivity contribution in [1.29, 1.82) is 0 Å². The molecule has 2 nitrogen and oxygen atoms in total. The van der Waals surface area contributed by atoms with Gasteiger partial charge in [-0.05, 0) is 31.1 Å². The monoisotopic (exact) mass is 225 g/mol. The maximum Gasteiger partial charge on any atom is 0.0615 e. The molecular formula is C14H27NO. The lowest BCUT2D eigenvalue weighted by molar-refractivity contribution is -0.115. The van der Waals surface area contributed by atoms with Crippen molar-refractivity contribution in [2.24, 2.45) is 5.41 Å². The molecule has 2 heteroatoms. The van der Waals surface area contributed by atoms with Gasteiger partial charge in [0.15, 0.2) is 0 Å². The highest BCUT2D eigenvalue weighted by atomic mass is 16.3. The lowest BCUT2D eigenvalue weighted by Crippen LogP contribution is -2.66. The highest BCUT2D eigenvalue weighted by Crippen LogP contribution is 2.45. The minimum absolute atomic E-state index is 0.159. The summed E-state index contributed by atoms with van der Waals surface area (Å²) in [6, 6.07) is 0. The van der Waals surface area contributed by atoms with E-state index in [4.69, 9.17) is 0 Å². The summed E-state index contributed by atoms with van der Waals surface area (Å²) >= 11 is 0. The Bertz CT molecular complexity index is 221. The number of hydrogen-bond donors (Lipinski definition) is 1. The zero-order chi connectivity index (χ0) is 11.6. The Labute approximate surface area is 100 Å². The maximum absolute atomic E-state index is 9.75. The first-order valence-electron chi connectivity index (χ1n) is 7.06. The van der Waals surface area contributed by atoms with Crippen molar-refractivity contribution < 1.29 is 5.11 Å². The molecule has 2 rings (SSSR count). The van der Waals surface area contributed by atoms with Crippen LogP contribution in [0.1, 0.15) is 58.8 Å². The van der Waals surface area contributed by atoms with Crippen LogP contribution in [0, 0.1) is 5.41 Å². The van der Waals surface area contributed by atoms with Gasteiger partial charge in [0.1, 0.15) is 0 Å². The van der Waals surface area contributed by atoms with E-state index in [0.717, 1.165) is 0 Å². The Morgan fingerprint density at radius 2 is 1.56 bits per heavy atom. The predicted octanol–water partition coefficient (Wildman–Crippen LogP) is 2.80. The number of aliphatic hydroxyl groups excluding tert-OH is 1. The van der Waals surface area contributed by atoms with E-state index < -0.39 is 0 Å². The highest BCUT2D eigenvalue weighted by Gasteiger charge is 2.49. The normalized spacial score (nSPS) is 28.7. The van der Waals surface area contributed by atoms with E-state index in [1.165, 1.54) is 58.0 Å². The first kappa shape index (κ1) is 12.4. The molecule has 2 aliphatic rings. The second-order valence-corrected chi connectivity index (χ2v) is 6.01. The van der Waals surface area contributed by atoms with Crippen molar-refractivity contribution in [1.82, 2.24) is 4.90 Å². The van der Waals surface area contributed by atoms with E-state index >= 15 is 0 Å². The third-order valence-electron chi connectivity index (χ3n) is 5.30. The van der Waals surface area contributed by atoms with Crippen molar-refractivity contribution in [2.75, 3.05) is 19.7 Å². The summed E-state index contributed by atoms with van der Waals surface area (Å²) in [6.07, 6.45) is 9.00. The molecule has 1 aliphatic carbocycles. The van der Waals surface area contributed by atoms with Gasteiger partial charge in [-0.15, -0.1) is 0 Å². The molecule has 0 aromatic rings. The Hall–Kier alpha value is -0.0800. The third-order valence-corrected chi connectivity index (χ3v) is 5.30. The van der Waals surface area contributed by atoms with Gasteiger partial charge in [-0.3, -0.25) is 4.90 Å². The summed E-state index contributed by atoms with van der Waals surface area (Å²) in [6.45, 7) is 7.44. The van der Waals surface area contributed by atoms with E-state index in [1.54, 1.807) is 0 Å². The van der Waals surface area contributed by atoms with Gasteiger partial charge in [0, 0.05) is 18.6 Å². The molecule has 0 amide bonds. The summed E-state index contributed by atoms with van der Waals surface area (Å²) in [5, 5.41) is 9.75. The molecule has 0 aromatic carbocycles. The largest absolute Gasteiger partial charge is 0.394 e. The molecule has 16 heavy (non-hydrogen) atoms. The zero-order valence-corrected chi connectivity index (χ0v) is 11.0. The molecule has 0 aromatic heterocycles. The highest BCUT2D eigenvalue weighted by molar-refractivity contribution is 5.03. The first-order chi connectivity index (χ1) is 7.70. The van der Waals surface area contributed by atoms with Crippen LogP contribution in [0.25, 0.3) is 0 Å². The van der Waals surface area contributed by atoms with Crippen LogP contribution in [-0.2, 0) is 0 Å². The van der Waals surface area contributed by atoms with E-state index in [0.29, 0.717) is 12.0 Å². The fourth-order valence-electron chi connectivity index (χ4n) is 3.58. The van der Waals surface area contributed by atoms with Gasteiger partial charge in [-0.25, -0.2) is 0 Å². The summed E-state index contributed by atoms with van der Waals surface area (Å²) < 4.78 is 0. The van der Waals surface area contributed by atoms with Gasteiger partial charge in [0.25, 0.3) is 0 Å². The van der Waals surface area contributed by atoms with Crippen molar-refractivity contribution >= 4 is 0 Å². The summed E-state index contributed by atoms with van der Waals surface area (Å²) in [7, 11) is 0. The summed E-state index contributed by atoms with van der Waals surface area (Å²) in [4.78, 5) is 2.58. The minimum atomic E-state index is 0.159. The Morgan fingerprint density at radius 3 is 2.00 bits per heavy atom. The van der Waals surface area contributed by atoms with Crippen molar-refractivity contribution in [3.63, 3.8) is 0 Å². The van der Waals surface area contributed by atoms with Crippen LogP contribution in [-0.4, -0.2) is 35.2 Å². The maximum atomic E-state index is 9.75. The molecular weight excluding hydrogens is 198 g/mol. The predicted molar refractivity (Wildman–Crippen MR) is 67.5 cm³/mol. The van der Waals surface area contributed by atoms with Crippen molar-refractivity contribution in [2.45, 2.75) is 64.3 Å². The Kier molecular flexibility index (Phi) is 3.60. The number of aliphatic hydroxyl groups is 1. The molecule has 1 saturated carbocycles. The van der Waals surface area contributed by atoms with Crippen LogP contribution in [0.15, 0.2) is 0 Å². The van der Waals surface area contributed by atoms with Gasteiger partial charge >= 0.3 is 0 Å². The van der Waals surface area contributed by atoms with Gasteiger partial charge in [-0.1, -0.05) is 33.1 Å². The van der Waals surface area contributed by atoms with Gasteiger partial charge < -0.3 is 5.11 Å². The Balaban J connectivity index is 1.98. The molecule has 0 radical (unpaired) electrons. The van der Waals surface area contributed by atoms with Crippen LogP contribution < -0.4 is 0 Å². The fraction of sp³-hybridized carbons (Fsp3) is 1.00. The molecule has 1 heterocycles. The van der Waals surface area contributed by atoms with E-state index in [9.17, 15) is 5.11 Å². The quantitative estimate of drug-likeness (QED) is 0.795. The van der Waals surface area contributed by atoms with Crippen LogP contribution in [0.4, 0.5) is 0 Å². The third kappa shape index (κ3) is 1.91. The van der Waals surface area contributed by atoms with E-state index in [2.05, 4.69) is 18.7 Å². The Morgan fingerprint density at radius 1 is 1.00 bits per heavy atom. The van der Waals surface area contributed by atoms with Crippen LogP contribution in [0.3, 0.4) is 0 Å². The van der Waals surface area contributed by atoms with Crippen LogP contribution in [0.2, 0.25) is 0 Å². The minimum Gasteiger partial charge on any atom is -0.394 e. The SMILES string of the molecule is CCC1(CC)CN(C2(CO)CCCCC2)C1. The lowest BCUT2D eigenvalue weighted by Gasteiger charge is -2.59. The smallest absolute Gasteiger partial charge is 0.0615 e. The van der Waals surface area contributed by atoms with Crippen molar-refractivity contribution in [3.05, 3.63) is 0 Å². The molecule has 0 atom stereocenters. The average Bonchev–Trinajstić information content (AvgIpc) is 2.30. The van der Waals surface area contributed by atoms with Gasteiger partial charge in [0.05, 0.1) is 6.61 Å². The molecule has 2 fully saturated rings. The van der Waals surface area contributed by atoms with Crippen molar-refractivity contribution in [3.8, 4) is 0 Å². The summed E-state index contributed by atoms with van der Waals surface area (Å²) in [5.41, 5.74) is 0.728. The molecule has 0 spiro atoms. The number of nitrogens with zero attached hydrogens (tertiary/aromatic N) is 1. The fourth-order valence-corrected chi connectivity index (χ4v) is 3.58. The standard InChI is InChI=1S/C14H27NO/c1-3-13(4-2)10-15(11-13)14(12-16)8-6-5-7-9-14/h16H,3-12H2,1-2H3. The summed E-state index contributed by atoms with van der Waals surface area (Å²) in [5.74, 6) is 0. The van der Waals surface area contributed by atoms with Gasteiger partial charge in [0.2, 0.25) is 0 Å². The molecule has 0 unspecified atom stereocenters. The van der Waals surface area contributed by atoms with E-state index in [1.807, 2.05) is 0 Å². The number of rotatable bonds is 4. The lowest BCUT2D eigenvalue weighted by atomic mass is 9.69. The number of hydrogen-bond acceptors (Lipinski definition) is 2. The molecule has 1 aliphatic heterocycles. The van der Waals surface area contributed by atoms with E-state index in [-0.39, 0.29) is 5.54 Å². The zero-order valence-electron chi connectivity index (χ0n) is 11.0. The molecule has 94 valence electrons.